The van der Waals surface area contributed by atoms with Gasteiger partial charge in [-0.3, -0.25) is 49.1 Å². The summed E-state index contributed by atoms with van der Waals surface area (Å²) in [4.78, 5) is 95.5. The minimum absolute atomic E-state index is 0.0172. The van der Waals surface area contributed by atoms with E-state index in [2.05, 4.69) is 25.4 Å². The highest BCUT2D eigenvalue weighted by Gasteiger charge is 2.54. The second kappa shape index (κ2) is 17.6. The van der Waals surface area contributed by atoms with Crippen molar-refractivity contribution in [3.8, 4) is 17.0 Å². The van der Waals surface area contributed by atoms with Crippen molar-refractivity contribution in [1.82, 2.24) is 40.2 Å². The number of halogens is 2. The van der Waals surface area contributed by atoms with Crippen LogP contribution in [0.3, 0.4) is 0 Å². The zero-order valence-corrected chi connectivity index (χ0v) is 39.8. The Morgan fingerprint density at radius 1 is 0.843 bits per heavy atom. The Balaban J connectivity index is 0.621. The lowest BCUT2D eigenvalue weighted by Gasteiger charge is -2.61. The van der Waals surface area contributed by atoms with E-state index in [1.807, 2.05) is 53.3 Å². The van der Waals surface area contributed by atoms with Crippen molar-refractivity contribution in [3.05, 3.63) is 93.9 Å². The van der Waals surface area contributed by atoms with Gasteiger partial charge in [-0.05, 0) is 87.6 Å². The third-order valence-electron chi connectivity index (χ3n) is 15.1. The van der Waals surface area contributed by atoms with Crippen LogP contribution in [0.4, 0.5) is 11.5 Å². The first-order valence-electron chi connectivity index (χ1n) is 23.7. The maximum Gasteiger partial charge on any atom is 0.262 e. The first-order chi connectivity index (χ1) is 33.6. The maximum atomic E-state index is 13.6. The molecule has 0 aliphatic carbocycles. The van der Waals surface area contributed by atoms with Crippen LogP contribution in [-0.4, -0.2) is 139 Å². The fraction of sp³-hybridized carbons (Fsp3) is 0.420. The summed E-state index contributed by atoms with van der Waals surface area (Å²) in [6, 6.07) is 13.7. The lowest BCUT2D eigenvalue weighted by molar-refractivity contribution is -0.153. The molecule has 0 saturated carbocycles. The number of aromatic amines is 1. The summed E-state index contributed by atoms with van der Waals surface area (Å²) in [5.74, 6) is -0.860. The number of H-pyrrole nitrogens is 1. The van der Waals surface area contributed by atoms with E-state index < -0.39 is 41.4 Å². The molecule has 3 N–H and O–H groups in total. The fourth-order valence-electron chi connectivity index (χ4n) is 11.2. The van der Waals surface area contributed by atoms with E-state index in [9.17, 15) is 33.9 Å². The predicted molar refractivity (Wildman–Crippen MR) is 257 cm³/mol. The van der Waals surface area contributed by atoms with E-state index in [4.69, 9.17) is 32.9 Å². The van der Waals surface area contributed by atoms with Crippen molar-refractivity contribution in [3.63, 3.8) is 0 Å². The predicted octanol–water partition coefficient (Wildman–Crippen LogP) is 5.18. The quantitative estimate of drug-likeness (QED) is 0.154. The summed E-state index contributed by atoms with van der Waals surface area (Å²) >= 11 is 12.7. The van der Waals surface area contributed by atoms with Crippen molar-refractivity contribution in [1.29, 1.82) is 0 Å². The minimum atomic E-state index is -1.20. The highest BCUT2D eigenvalue weighted by molar-refractivity contribution is 6.35. The Morgan fingerprint density at radius 3 is 2.27 bits per heavy atom. The number of benzene rings is 2. The van der Waals surface area contributed by atoms with Crippen LogP contribution >= 0.6 is 23.2 Å². The first kappa shape index (κ1) is 45.8. The molecule has 1 unspecified atom stereocenters. The number of anilines is 2. The first-order valence-corrected chi connectivity index (χ1v) is 24.5. The van der Waals surface area contributed by atoms with Gasteiger partial charge in [0, 0.05) is 111 Å². The third kappa shape index (κ3) is 8.28. The second-order valence-electron chi connectivity index (χ2n) is 19.7. The Kier molecular flexibility index (Phi) is 11.5. The molecule has 5 fully saturated rings. The van der Waals surface area contributed by atoms with Gasteiger partial charge in [-0.15, -0.1) is 0 Å². The van der Waals surface area contributed by atoms with Gasteiger partial charge in [-0.25, -0.2) is 4.98 Å². The number of carbonyl (C=O) groups excluding carboxylic acids is 6. The SMILES string of the molecule is C[C@@H](Oc1ccc2[nH]nc(-c3ccc(N4CC5(CN(C(=O)C6CCN(C(=O)CC7(O)CCN(c8ccc9c(c8)C(=O)N(C8CCC(=O)NC8=O)C9=O)CC7)CC6)C5)C4)nc3)c2c1)c1c(Cl)cncc1Cl. The van der Waals surface area contributed by atoms with Gasteiger partial charge in [-0.2, -0.15) is 5.10 Å². The minimum Gasteiger partial charge on any atom is -0.486 e. The van der Waals surface area contributed by atoms with Gasteiger partial charge in [-0.1, -0.05) is 23.2 Å². The van der Waals surface area contributed by atoms with Crippen LogP contribution in [-0.2, 0) is 19.2 Å². The van der Waals surface area contributed by atoms with Gasteiger partial charge in [0.2, 0.25) is 23.6 Å². The van der Waals surface area contributed by atoms with Crippen LogP contribution in [0.2, 0.25) is 10.0 Å². The van der Waals surface area contributed by atoms with Crippen molar-refractivity contribution in [2.24, 2.45) is 11.3 Å². The molecule has 5 saturated heterocycles. The van der Waals surface area contributed by atoms with E-state index in [1.165, 1.54) is 0 Å². The number of amides is 6. The number of nitrogens with one attached hydrogen (secondary N) is 2. The highest BCUT2D eigenvalue weighted by atomic mass is 35.5. The number of hydrogen-bond acceptors (Lipinski definition) is 13. The molecule has 5 aromatic rings. The number of fused-ring (bicyclic) bond motifs is 2. The highest BCUT2D eigenvalue weighted by Crippen LogP contribution is 2.43. The number of ether oxygens (including phenoxy) is 1. The molecule has 20 heteroatoms. The number of aromatic nitrogens is 4. The monoisotopic (exact) mass is 988 g/mol. The standard InChI is InChI=1S/C50H50Cl2N10O8/c1-28(43-36(51)22-53-23-37(43)52)70-32-4-6-38-35(19-32)44(57-56-38)30-2-8-40(54-21-30)60-24-49(25-60)26-61(27-49)46(66)29-10-14-59(15-11-29)42(64)20-50(69)12-16-58(17-13-50)31-3-5-33-34(18-31)48(68)62(47(33)67)39-7-9-41(63)55-45(39)65/h2-6,8,18-19,21-23,28-29,39,69H,7,9-17,20,24-27H2,1H3,(H,56,57)(H,55,63,65)/t28-,39?/m1/s1. The molecule has 9 heterocycles. The maximum absolute atomic E-state index is 13.6. The Bertz CT molecular complexity index is 2950. The van der Waals surface area contributed by atoms with E-state index in [1.54, 1.807) is 35.5 Å². The number of carbonyl (C=O) groups is 6. The number of nitrogens with zero attached hydrogens (tertiary/aromatic N) is 8. The summed E-state index contributed by atoms with van der Waals surface area (Å²) in [6.07, 6.45) is 6.43. The van der Waals surface area contributed by atoms with Crippen molar-refractivity contribution < 1.29 is 38.6 Å². The molecule has 6 amide bonds. The summed E-state index contributed by atoms with van der Waals surface area (Å²) in [5.41, 5.74) is 3.08. The van der Waals surface area contributed by atoms with E-state index in [0.717, 1.165) is 46.0 Å². The topological polar surface area (TPSA) is 215 Å². The van der Waals surface area contributed by atoms with Crippen LogP contribution in [0.25, 0.3) is 22.2 Å². The fourth-order valence-corrected chi connectivity index (χ4v) is 11.8. The largest absolute Gasteiger partial charge is 0.486 e. The van der Waals surface area contributed by atoms with Crippen LogP contribution in [0.1, 0.15) is 84.3 Å². The normalized spacial score (nSPS) is 21.4. The lowest BCUT2D eigenvalue weighted by atomic mass is 9.72. The molecule has 3 aromatic heterocycles. The number of pyridine rings is 2. The van der Waals surface area contributed by atoms with Crippen molar-refractivity contribution in [2.45, 2.75) is 69.6 Å². The molecule has 11 rings (SSSR count). The average Bonchev–Trinajstić information content (AvgIpc) is 3.85. The van der Waals surface area contributed by atoms with Gasteiger partial charge >= 0.3 is 0 Å². The van der Waals surface area contributed by atoms with Crippen LogP contribution in [0.15, 0.2) is 67.1 Å². The zero-order chi connectivity index (χ0) is 48.6. The molecular formula is C50H50Cl2N10O8. The van der Waals surface area contributed by atoms with E-state index >= 15 is 0 Å². The molecule has 70 heavy (non-hydrogen) atoms. The molecular weight excluding hydrogens is 940 g/mol. The van der Waals surface area contributed by atoms with Gasteiger partial charge in [0.05, 0.1) is 38.7 Å². The molecule has 6 aliphatic rings. The number of imide groups is 2. The summed E-state index contributed by atoms with van der Waals surface area (Å²) in [5, 5.41) is 23.2. The summed E-state index contributed by atoms with van der Waals surface area (Å²) < 4.78 is 6.24. The van der Waals surface area contributed by atoms with Crippen molar-refractivity contribution >= 4 is 81.1 Å². The zero-order valence-electron chi connectivity index (χ0n) is 38.3. The Labute approximate surface area is 412 Å². The van der Waals surface area contributed by atoms with Gasteiger partial charge < -0.3 is 29.4 Å². The smallest absolute Gasteiger partial charge is 0.262 e. The van der Waals surface area contributed by atoms with Gasteiger partial charge in [0.25, 0.3) is 11.8 Å². The molecule has 362 valence electrons. The third-order valence-corrected chi connectivity index (χ3v) is 15.7. The van der Waals surface area contributed by atoms with Crippen LogP contribution in [0.5, 0.6) is 5.75 Å². The van der Waals surface area contributed by atoms with Crippen LogP contribution < -0.4 is 19.9 Å². The molecule has 6 aliphatic heterocycles. The van der Waals surface area contributed by atoms with Gasteiger partial charge in [0.1, 0.15) is 29.4 Å². The average molecular weight is 990 g/mol. The molecule has 2 atom stereocenters. The molecule has 0 bridgehead atoms. The molecule has 2 aromatic carbocycles. The Morgan fingerprint density at radius 2 is 1.57 bits per heavy atom. The number of hydrogen-bond donors (Lipinski definition) is 3. The molecule has 0 radical (unpaired) electrons. The second-order valence-corrected chi connectivity index (χ2v) is 20.5. The van der Waals surface area contributed by atoms with Gasteiger partial charge in [0.15, 0.2) is 0 Å². The molecule has 18 nitrogen and oxygen atoms in total. The number of likely N-dealkylation sites (tertiary alicyclic amines) is 2. The Hall–Kier alpha value is -6.63. The number of piperidine rings is 3. The van der Waals surface area contributed by atoms with Crippen LogP contribution in [0, 0.1) is 11.3 Å². The van der Waals surface area contributed by atoms with E-state index in [0.29, 0.717) is 92.0 Å². The van der Waals surface area contributed by atoms with E-state index in [-0.39, 0.29) is 53.5 Å². The number of rotatable bonds is 10. The molecule has 1 spiro atoms. The lowest BCUT2D eigenvalue weighted by Crippen LogP contribution is -2.73. The van der Waals surface area contributed by atoms with Crippen molar-refractivity contribution in [2.75, 3.05) is 62.2 Å². The summed E-state index contributed by atoms with van der Waals surface area (Å²) in [6.45, 7) is 6.69. The summed E-state index contributed by atoms with van der Waals surface area (Å²) in [7, 11) is 0. The number of aliphatic hydroxyl groups is 1.